The molecule has 0 spiro atoms. The summed E-state index contributed by atoms with van der Waals surface area (Å²) >= 11 is 0. The Balaban J connectivity index is 2.33. The van der Waals surface area contributed by atoms with E-state index in [-0.39, 0.29) is 17.1 Å². The summed E-state index contributed by atoms with van der Waals surface area (Å²) in [6.07, 6.45) is 2.56. The lowest BCUT2D eigenvalue weighted by atomic mass is 10.0. The molecule has 0 aliphatic heterocycles. The number of carbonyl (C=O) groups excluding carboxylic acids is 2. The number of carbonyl (C=O) groups is 3. The highest BCUT2D eigenvalue weighted by atomic mass is 16.6. The van der Waals surface area contributed by atoms with Crippen molar-refractivity contribution in [2.75, 3.05) is 0 Å². The molecule has 10 heteroatoms. The third kappa shape index (κ3) is 5.76. The Kier molecular flexibility index (Phi) is 6.85. The highest BCUT2D eigenvalue weighted by Crippen LogP contribution is 2.15. The first-order valence-corrected chi connectivity index (χ1v) is 8.53. The molecule has 29 heavy (non-hydrogen) atoms. The molecule has 3 N–H and O–H groups in total. The van der Waals surface area contributed by atoms with Gasteiger partial charge in [0.15, 0.2) is 5.76 Å². The molecule has 2 aromatic rings. The van der Waals surface area contributed by atoms with Crippen LogP contribution in [0.5, 0.6) is 0 Å². The van der Waals surface area contributed by atoms with Crippen LogP contribution in [0.2, 0.25) is 0 Å². The number of nitro benzene ring substituents is 1. The van der Waals surface area contributed by atoms with Gasteiger partial charge >= 0.3 is 5.97 Å². The number of carboxylic acid groups (broad SMARTS) is 1. The van der Waals surface area contributed by atoms with Crippen LogP contribution in [0.3, 0.4) is 0 Å². The summed E-state index contributed by atoms with van der Waals surface area (Å²) < 4.78 is 4.99. The fourth-order valence-corrected chi connectivity index (χ4v) is 2.34. The Labute approximate surface area is 165 Å². The number of amides is 2. The van der Waals surface area contributed by atoms with Crippen LogP contribution >= 0.6 is 0 Å². The van der Waals surface area contributed by atoms with Crippen molar-refractivity contribution in [1.82, 2.24) is 10.6 Å². The second kappa shape index (κ2) is 9.31. The van der Waals surface area contributed by atoms with Crippen LogP contribution < -0.4 is 10.6 Å². The molecule has 0 aliphatic carbocycles. The van der Waals surface area contributed by atoms with Gasteiger partial charge in [0, 0.05) is 12.1 Å². The SMILES string of the molecule is CC(C)[C@@H](NC(=O)/C(=C\c1ccc([N+](=O)[O-])cc1)NC(=O)c1ccco1)C(=O)O. The standard InChI is InChI=1S/C19H19N3O7/c1-11(2)16(19(25)26)21-17(23)14(20-18(24)15-4-3-9-29-15)10-12-5-7-13(8-6-12)22(27)28/h3-11,16H,1-2H3,(H,20,24)(H,21,23)(H,25,26)/b14-10+/t16-/m1/s1. The van der Waals surface area contributed by atoms with Crippen molar-refractivity contribution in [3.63, 3.8) is 0 Å². The van der Waals surface area contributed by atoms with Crippen LogP contribution in [-0.4, -0.2) is 33.9 Å². The van der Waals surface area contributed by atoms with E-state index in [4.69, 9.17) is 4.42 Å². The van der Waals surface area contributed by atoms with Gasteiger partial charge in [-0.2, -0.15) is 0 Å². The zero-order chi connectivity index (χ0) is 21.6. The Morgan fingerprint density at radius 2 is 1.83 bits per heavy atom. The van der Waals surface area contributed by atoms with Crippen molar-refractivity contribution in [3.05, 3.63) is 69.8 Å². The maximum absolute atomic E-state index is 12.7. The second-order valence-corrected chi connectivity index (χ2v) is 6.37. The molecule has 0 saturated carbocycles. The average molecular weight is 401 g/mol. The minimum absolute atomic E-state index is 0.0500. The van der Waals surface area contributed by atoms with Gasteiger partial charge in [0.1, 0.15) is 11.7 Å². The van der Waals surface area contributed by atoms with Crippen LogP contribution in [0.15, 0.2) is 52.8 Å². The molecule has 1 aromatic carbocycles. The van der Waals surface area contributed by atoms with E-state index >= 15 is 0 Å². The fourth-order valence-electron chi connectivity index (χ4n) is 2.34. The summed E-state index contributed by atoms with van der Waals surface area (Å²) in [7, 11) is 0. The third-order valence-corrected chi connectivity index (χ3v) is 3.87. The van der Waals surface area contributed by atoms with Gasteiger partial charge < -0.3 is 20.2 Å². The number of hydrogen-bond donors (Lipinski definition) is 3. The van der Waals surface area contributed by atoms with E-state index in [1.165, 1.54) is 48.7 Å². The molecule has 2 amide bonds. The van der Waals surface area contributed by atoms with E-state index < -0.39 is 34.7 Å². The molecule has 0 radical (unpaired) electrons. The van der Waals surface area contributed by atoms with Crippen LogP contribution in [-0.2, 0) is 9.59 Å². The van der Waals surface area contributed by atoms with Gasteiger partial charge in [0.05, 0.1) is 11.2 Å². The monoisotopic (exact) mass is 401 g/mol. The predicted molar refractivity (Wildman–Crippen MR) is 102 cm³/mol. The number of non-ortho nitro benzene ring substituents is 1. The first-order chi connectivity index (χ1) is 13.7. The predicted octanol–water partition coefficient (Wildman–Crippen LogP) is 2.18. The van der Waals surface area contributed by atoms with E-state index in [9.17, 15) is 29.6 Å². The van der Waals surface area contributed by atoms with Crippen molar-refractivity contribution in [3.8, 4) is 0 Å². The molecule has 1 aromatic heterocycles. The van der Waals surface area contributed by atoms with Crippen molar-refractivity contribution in [2.45, 2.75) is 19.9 Å². The van der Waals surface area contributed by atoms with E-state index in [0.29, 0.717) is 5.56 Å². The normalized spacial score (nSPS) is 12.3. The van der Waals surface area contributed by atoms with Gasteiger partial charge in [-0.25, -0.2) is 4.79 Å². The minimum atomic E-state index is -1.22. The first-order valence-electron chi connectivity index (χ1n) is 8.53. The zero-order valence-electron chi connectivity index (χ0n) is 15.6. The molecule has 0 fully saturated rings. The number of rotatable bonds is 8. The number of hydrogen-bond acceptors (Lipinski definition) is 6. The number of furan rings is 1. The molecular formula is C19H19N3O7. The lowest BCUT2D eigenvalue weighted by Crippen LogP contribution is -2.47. The Hall–Kier alpha value is -3.95. The van der Waals surface area contributed by atoms with E-state index in [0.717, 1.165) is 0 Å². The number of aliphatic carboxylic acids is 1. The molecule has 0 aliphatic rings. The molecule has 0 unspecified atom stereocenters. The van der Waals surface area contributed by atoms with E-state index in [2.05, 4.69) is 10.6 Å². The van der Waals surface area contributed by atoms with Gasteiger partial charge in [0.25, 0.3) is 17.5 Å². The number of nitrogens with one attached hydrogen (secondary N) is 2. The number of carboxylic acids is 1. The van der Waals surface area contributed by atoms with Crippen LogP contribution in [0.1, 0.15) is 30.0 Å². The number of nitrogens with zero attached hydrogens (tertiary/aromatic N) is 1. The smallest absolute Gasteiger partial charge is 0.326 e. The lowest BCUT2D eigenvalue weighted by molar-refractivity contribution is -0.384. The Morgan fingerprint density at radius 1 is 1.17 bits per heavy atom. The Bertz CT molecular complexity index is 931. The van der Waals surface area contributed by atoms with Crippen molar-refractivity contribution >= 4 is 29.5 Å². The summed E-state index contributed by atoms with van der Waals surface area (Å²) in [5, 5.41) is 24.8. The van der Waals surface area contributed by atoms with E-state index in [1.807, 2.05) is 0 Å². The lowest BCUT2D eigenvalue weighted by Gasteiger charge is -2.19. The topological polar surface area (TPSA) is 152 Å². The minimum Gasteiger partial charge on any atom is -0.480 e. The van der Waals surface area contributed by atoms with Crippen LogP contribution in [0.25, 0.3) is 6.08 Å². The molecule has 1 atom stereocenters. The summed E-state index contributed by atoms with van der Waals surface area (Å²) in [6.45, 7) is 3.25. The molecule has 10 nitrogen and oxygen atoms in total. The molecular weight excluding hydrogens is 382 g/mol. The van der Waals surface area contributed by atoms with Crippen molar-refractivity contribution in [1.29, 1.82) is 0 Å². The maximum Gasteiger partial charge on any atom is 0.326 e. The van der Waals surface area contributed by atoms with Gasteiger partial charge in [-0.15, -0.1) is 0 Å². The molecule has 2 rings (SSSR count). The quantitative estimate of drug-likeness (QED) is 0.348. The maximum atomic E-state index is 12.7. The summed E-state index contributed by atoms with van der Waals surface area (Å²) in [5.74, 6) is -3.22. The van der Waals surface area contributed by atoms with Gasteiger partial charge in [-0.05, 0) is 41.8 Å². The molecule has 1 heterocycles. The first kappa shape index (κ1) is 21.4. The van der Waals surface area contributed by atoms with Gasteiger partial charge in [0.2, 0.25) is 0 Å². The Morgan fingerprint density at radius 3 is 2.31 bits per heavy atom. The van der Waals surface area contributed by atoms with Gasteiger partial charge in [-0.1, -0.05) is 13.8 Å². The van der Waals surface area contributed by atoms with Crippen LogP contribution in [0, 0.1) is 16.0 Å². The number of benzene rings is 1. The summed E-state index contributed by atoms with van der Waals surface area (Å²) in [4.78, 5) is 46.5. The third-order valence-electron chi connectivity index (χ3n) is 3.87. The summed E-state index contributed by atoms with van der Waals surface area (Å²) in [5.41, 5.74) is 0.00240. The highest BCUT2D eigenvalue weighted by Gasteiger charge is 2.26. The summed E-state index contributed by atoms with van der Waals surface area (Å²) in [6, 6.07) is 6.97. The average Bonchev–Trinajstić information content (AvgIpc) is 3.20. The molecule has 152 valence electrons. The molecule has 0 saturated heterocycles. The van der Waals surface area contributed by atoms with Crippen molar-refractivity contribution in [2.24, 2.45) is 5.92 Å². The zero-order valence-corrected chi connectivity index (χ0v) is 15.6. The van der Waals surface area contributed by atoms with Crippen molar-refractivity contribution < 1.29 is 28.8 Å². The number of nitro groups is 1. The fraction of sp³-hybridized carbons (Fsp3) is 0.211. The largest absolute Gasteiger partial charge is 0.480 e. The highest BCUT2D eigenvalue weighted by molar-refractivity contribution is 6.05. The molecule has 0 bridgehead atoms. The van der Waals surface area contributed by atoms with Crippen LogP contribution in [0.4, 0.5) is 5.69 Å². The van der Waals surface area contributed by atoms with Gasteiger partial charge in [-0.3, -0.25) is 19.7 Å². The van der Waals surface area contributed by atoms with E-state index in [1.54, 1.807) is 13.8 Å². The second-order valence-electron chi connectivity index (χ2n) is 6.37.